The number of hydrogen-bond donors (Lipinski definition) is 1. The third-order valence-electron chi connectivity index (χ3n) is 2.81. The Balaban J connectivity index is 2.28. The molecule has 0 saturated carbocycles. The third-order valence-corrected chi connectivity index (χ3v) is 6.28. The van der Waals surface area contributed by atoms with Crippen molar-refractivity contribution in [2.45, 2.75) is 11.1 Å². The number of nitrogens with two attached hydrogens (primary N) is 1. The fourth-order valence-corrected chi connectivity index (χ4v) is 4.64. The third kappa shape index (κ3) is 2.44. The SMILES string of the molecule is Cc1nc(N)sc1S(=O)(=O)N1CCN(C)CC1. The number of anilines is 1. The highest BCUT2D eigenvalue weighted by Gasteiger charge is 2.30. The fourth-order valence-electron chi connectivity index (χ4n) is 1.79. The van der Waals surface area contributed by atoms with Crippen LogP contribution in [-0.2, 0) is 10.0 Å². The zero-order valence-corrected chi connectivity index (χ0v) is 11.5. The van der Waals surface area contributed by atoms with E-state index in [-0.39, 0.29) is 4.21 Å². The Bertz CT molecular complexity index is 503. The molecular weight excluding hydrogens is 260 g/mol. The van der Waals surface area contributed by atoms with Crippen LogP contribution in [-0.4, -0.2) is 55.8 Å². The number of likely N-dealkylation sites (N-methyl/N-ethyl adjacent to an activating group) is 1. The topological polar surface area (TPSA) is 79.5 Å². The summed E-state index contributed by atoms with van der Waals surface area (Å²) in [6.45, 7) is 4.24. The first-order chi connectivity index (χ1) is 7.91. The van der Waals surface area contributed by atoms with Crippen LogP contribution < -0.4 is 5.73 Å². The number of sulfonamides is 1. The summed E-state index contributed by atoms with van der Waals surface area (Å²) >= 11 is 1.04. The lowest BCUT2D eigenvalue weighted by molar-refractivity contribution is 0.222. The van der Waals surface area contributed by atoms with Gasteiger partial charge in [-0.2, -0.15) is 4.31 Å². The highest BCUT2D eigenvalue weighted by atomic mass is 32.2. The first kappa shape index (κ1) is 12.7. The first-order valence-corrected chi connectivity index (χ1v) is 7.58. The van der Waals surface area contributed by atoms with Crippen molar-refractivity contribution < 1.29 is 8.42 Å². The summed E-state index contributed by atoms with van der Waals surface area (Å²) in [5.74, 6) is 0. The molecule has 0 aliphatic carbocycles. The van der Waals surface area contributed by atoms with E-state index in [1.54, 1.807) is 6.92 Å². The Hall–Kier alpha value is -0.700. The van der Waals surface area contributed by atoms with Crippen LogP contribution in [0, 0.1) is 6.92 Å². The second-order valence-corrected chi connectivity index (χ2v) is 7.30. The molecule has 0 unspecified atom stereocenters. The van der Waals surface area contributed by atoms with Gasteiger partial charge in [0.25, 0.3) is 10.0 Å². The van der Waals surface area contributed by atoms with E-state index in [1.807, 2.05) is 7.05 Å². The van der Waals surface area contributed by atoms with Crippen molar-refractivity contribution in [1.29, 1.82) is 0 Å². The van der Waals surface area contributed by atoms with Gasteiger partial charge in [0.1, 0.15) is 0 Å². The van der Waals surface area contributed by atoms with Gasteiger partial charge in [0.2, 0.25) is 0 Å². The summed E-state index contributed by atoms with van der Waals surface area (Å²) in [7, 11) is -1.43. The van der Waals surface area contributed by atoms with Gasteiger partial charge in [0.15, 0.2) is 9.34 Å². The molecule has 8 heteroatoms. The smallest absolute Gasteiger partial charge is 0.254 e. The van der Waals surface area contributed by atoms with Gasteiger partial charge in [-0.1, -0.05) is 11.3 Å². The molecule has 96 valence electrons. The van der Waals surface area contributed by atoms with Gasteiger partial charge in [0.05, 0.1) is 5.69 Å². The van der Waals surface area contributed by atoms with Crippen molar-refractivity contribution in [2.24, 2.45) is 0 Å². The molecule has 0 aromatic carbocycles. The predicted molar refractivity (Wildman–Crippen MR) is 67.5 cm³/mol. The maximum Gasteiger partial charge on any atom is 0.254 e. The van der Waals surface area contributed by atoms with Crippen LogP contribution in [0.5, 0.6) is 0 Å². The molecule has 1 aliphatic rings. The van der Waals surface area contributed by atoms with E-state index in [1.165, 1.54) is 4.31 Å². The van der Waals surface area contributed by atoms with Gasteiger partial charge in [-0.3, -0.25) is 0 Å². The largest absolute Gasteiger partial charge is 0.375 e. The van der Waals surface area contributed by atoms with Crippen molar-refractivity contribution in [1.82, 2.24) is 14.2 Å². The van der Waals surface area contributed by atoms with Crippen molar-refractivity contribution in [3.05, 3.63) is 5.69 Å². The van der Waals surface area contributed by atoms with Gasteiger partial charge in [0, 0.05) is 26.2 Å². The van der Waals surface area contributed by atoms with E-state index < -0.39 is 10.0 Å². The Kier molecular flexibility index (Phi) is 3.39. The lowest BCUT2D eigenvalue weighted by Gasteiger charge is -2.31. The summed E-state index contributed by atoms with van der Waals surface area (Å²) in [6, 6.07) is 0. The van der Waals surface area contributed by atoms with Crippen LogP contribution in [0.4, 0.5) is 5.13 Å². The lowest BCUT2D eigenvalue weighted by atomic mass is 10.4. The molecule has 1 aromatic rings. The van der Waals surface area contributed by atoms with E-state index in [0.717, 1.165) is 24.4 Å². The maximum absolute atomic E-state index is 12.4. The van der Waals surface area contributed by atoms with Gasteiger partial charge < -0.3 is 10.6 Å². The van der Waals surface area contributed by atoms with Crippen LogP contribution in [0.25, 0.3) is 0 Å². The number of hydrogen-bond acceptors (Lipinski definition) is 6. The normalized spacial score (nSPS) is 19.6. The summed E-state index contributed by atoms with van der Waals surface area (Å²) in [5, 5.41) is 0.301. The minimum atomic E-state index is -3.41. The van der Waals surface area contributed by atoms with E-state index in [2.05, 4.69) is 9.88 Å². The summed E-state index contributed by atoms with van der Waals surface area (Å²) in [6.07, 6.45) is 0. The molecule has 17 heavy (non-hydrogen) atoms. The predicted octanol–water partition coefficient (Wildman–Crippen LogP) is -0.0302. The summed E-state index contributed by atoms with van der Waals surface area (Å²) in [5.41, 5.74) is 6.04. The molecular formula is C9H16N4O2S2. The van der Waals surface area contributed by atoms with Crippen LogP contribution in [0.1, 0.15) is 5.69 Å². The van der Waals surface area contributed by atoms with E-state index in [0.29, 0.717) is 23.9 Å². The first-order valence-electron chi connectivity index (χ1n) is 5.33. The average molecular weight is 276 g/mol. The molecule has 0 radical (unpaired) electrons. The van der Waals surface area contributed by atoms with Crippen LogP contribution in [0.3, 0.4) is 0 Å². The Morgan fingerprint density at radius 3 is 2.35 bits per heavy atom. The number of piperazine rings is 1. The molecule has 6 nitrogen and oxygen atoms in total. The molecule has 0 amide bonds. The molecule has 2 heterocycles. The van der Waals surface area contributed by atoms with Crippen molar-refractivity contribution in [2.75, 3.05) is 39.0 Å². The Morgan fingerprint density at radius 2 is 1.88 bits per heavy atom. The molecule has 0 bridgehead atoms. The van der Waals surface area contributed by atoms with Crippen molar-refractivity contribution in [3.8, 4) is 0 Å². The maximum atomic E-state index is 12.4. The van der Waals surface area contributed by atoms with Gasteiger partial charge in [-0.05, 0) is 14.0 Å². The van der Waals surface area contributed by atoms with E-state index in [4.69, 9.17) is 5.73 Å². The molecule has 2 rings (SSSR count). The highest BCUT2D eigenvalue weighted by molar-refractivity contribution is 7.91. The summed E-state index contributed by atoms with van der Waals surface area (Å²) < 4.78 is 26.5. The van der Waals surface area contributed by atoms with Gasteiger partial charge in [-0.15, -0.1) is 0 Å². The summed E-state index contributed by atoms with van der Waals surface area (Å²) in [4.78, 5) is 6.08. The minimum Gasteiger partial charge on any atom is -0.375 e. The molecule has 0 atom stereocenters. The fraction of sp³-hybridized carbons (Fsp3) is 0.667. The number of nitrogens with zero attached hydrogens (tertiary/aromatic N) is 3. The molecule has 1 saturated heterocycles. The van der Waals surface area contributed by atoms with Gasteiger partial charge in [-0.25, -0.2) is 13.4 Å². The Labute approximate surface area is 105 Å². The van der Waals surface area contributed by atoms with Crippen molar-refractivity contribution in [3.63, 3.8) is 0 Å². The number of aryl methyl sites for hydroxylation is 1. The lowest BCUT2D eigenvalue weighted by Crippen LogP contribution is -2.46. The van der Waals surface area contributed by atoms with E-state index >= 15 is 0 Å². The van der Waals surface area contributed by atoms with Crippen LogP contribution in [0.15, 0.2) is 4.21 Å². The molecule has 1 aliphatic heterocycles. The number of thiazole rings is 1. The second-order valence-electron chi connectivity index (χ2n) is 4.13. The Morgan fingerprint density at radius 1 is 1.29 bits per heavy atom. The van der Waals surface area contributed by atoms with Crippen LogP contribution in [0.2, 0.25) is 0 Å². The standard InChI is InChI=1S/C9H16N4O2S2/c1-7-8(16-9(10)11-7)17(14,15)13-5-3-12(2)4-6-13/h3-6H2,1-2H3,(H2,10,11). The monoisotopic (exact) mass is 276 g/mol. The van der Waals surface area contributed by atoms with Crippen molar-refractivity contribution >= 4 is 26.5 Å². The minimum absolute atomic E-state index is 0.277. The number of rotatable bonds is 2. The second kappa shape index (κ2) is 4.52. The van der Waals surface area contributed by atoms with Crippen LogP contribution >= 0.6 is 11.3 Å². The number of aromatic nitrogens is 1. The van der Waals surface area contributed by atoms with E-state index in [9.17, 15) is 8.42 Å². The zero-order chi connectivity index (χ0) is 12.6. The number of nitrogen functional groups attached to an aromatic ring is 1. The molecule has 1 aromatic heterocycles. The quantitative estimate of drug-likeness (QED) is 0.820. The van der Waals surface area contributed by atoms with Gasteiger partial charge >= 0.3 is 0 Å². The molecule has 0 spiro atoms. The highest BCUT2D eigenvalue weighted by Crippen LogP contribution is 2.28. The zero-order valence-electron chi connectivity index (χ0n) is 9.88. The molecule has 1 fully saturated rings. The average Bonchev–Trinajstić information content (AvgIpc) is 2.59. The molecule has 2 N–H and O–H groups in total.